The molecule has 3 fully saturated rings. The van der Waals surface area contributed by atoms with Crippen molar-refractivity contribution in [2.24, 2.45) is 11.3 Å². The number of hydrogen-bond acceptors (Lipinski definition) is 6. The SMILES string of the molecule is COC(=O)C(CC1CCCNC1=O)NC(=O)C1CC2(CCCCC2)CN1C(=O)c1cc2cc(OC)ccc2[nH]1. The zero-order chi connectivity index (χ0) is 27.6. The molecule has 3 amide bonds. The minimum absolute atomic E-state index is 0.112. The summed E-state index contributed by atoms with van der Waals surface area (Å²) in [4.78, 5) is 57.6. The van der Waals surface area contributed by atoms with E-state index in [2.05, 4.69) is 15.6 Å². The van der Waals surface area contributed by atoms with E-state index in [1.54, 1.807) is 18.1 Å². The third kappa shape index (κ3) is 5.60. The Hall–Kier alpha value is -3.56. The van der Waals surface area contributed by atoms with Crippen molar-refractivity contribution >= 4 is 34.6 Å². The van der Waals surface area contributed by atoms with Crippen LogP contribution in [0.3, 0.4) is 0 Å². The van der Waals surface area contributed by atoms with Crippen molar-refractivity contribution in [2.75, 3.05) is 27.3 Å². The summed E-state index contributed by atoms with van der Waals surface area (Å²) in [5.74, 6) is -1.00. The van der Waals surface area contributed by atoms with E-state index >= 15 is 0 Å². The van der Waals surface area contributed by atoms with Crippen LogP contribution in [0.2, 0.25) is 0 Å². The number of aromatic amines is 1. The number of H-pyrrole nitrogens is 1. The first-order valence-electron chi connectivity index (χ1n) is 14.0. The number of nitrogens with zero attached hydrogens (tertiary/aromatic N) is 1. The van der Waals surface area contributed by atoms with Gasteiger partial charge in [-0.25, -0.2) is 4.79 Å². The van der Waals surface area contributed by atoms with E-state index in [0.29, 0.717) is 37.4 Å². The predicted molar refractivity (Wildman–Crippen MR) is 144 cm³/mol. The van der Waals surface area contributed by atoms with Gasteiger partial charge in [-0.1, -0.05) is 19.3 Å². The topological polar surface area (TPSA) is 130 Å². The highest BCUT2D eigenvalue weighted by atomic mass is 16.5. The number of likely N-dealkylation sites (tertiary alicyclic amines) is 1. The van der Waals surface area contributed by atoms with Crippen LogP contribution in [0.4, 0.5) is 0 Å². The molecule has 3 unspecified atom stereocenters. The second-order valence-corrected chi connectivity index (χ2v) is 11.3. The number of carbonyl (C=O) groups is 4. The number of piperidine rings is 1. The van der Waals surface area contributed by atoms with Crippen LogP contribution in [0.15, 0.2) is 24.3 Å². The van der Waals surface area contributed by atoms with E-state index in [4.69, 9.17) is 9.47 Å². The van der Waals surface area contributed by atoms with Crippen molar-refractivity contribution in [1.82, 2.24) is 20.5 Å². The highest BCUT2D eigenvalue weighted by Gasteiger charge is 2.49. The molecule has 1 aromatic heterocycles. The van der Waals surface area contributed by atoms with Gasteiger partial charge in [0.15, 0.2) is 0 Å². The molecule has 1 aliphatic carbocycles. The van der Waals surface area contributed by atoms with E-state index in [0.717, 1.165) is 49.4 Å². The number of amides is 3. The Morgan fingerprint density at radius 1 is 1.13 bits per heavy atom. The molecule has 3 aliphatic rings. The van der Waals surface area contributed by atoms with E-state index in [1.807, 2.05) is 18.2 Å². The molecule has 2 aliphatic heterocycles. The fourth-order valence-electron chi connectivity index (χ4n) is 6.64. The lowest BCUT2D eigenvalue weighted by molar-refractivity contribution is -0.146. The van der Waals surface area contributed by atoms with Crippen LogP contribution < -0.4 is 15.4 Å². The van der Waals surface area contributed by atoms with Crippen LogP contribution in [-0.2, 0) is 19.1 Å². The van der Waals surface area contributed by atoms with Crippen molar-refractivity contribution < 1.29 is 28.7 Å². The Morgan fingerprint density at radius 2 is 1.92 bits per heavy atom. The van der Waals surface area contributed by atoms with Crippen LogP contribution in [0.25, 0.3) is 10.9 Å². The molecule has 3 N–H and O–H groups in total. The van der Waals surface area contributed by atoms with Crippen molar-refractivity contribution in [1.29, 1.82) is 0 Å². The number of esters is 1. The van der Waals surface area contributed by atoms with Gasteiger partial charge >= 0.3 is 5.97 Å². The fraction of sp³-hybridized carbons (Fsp3) is 0.586. The Balaban J connectivity index is 1.39. The van der Waals surface area contributed by atoms with Gasteiger partial charge in [-0.15, -0.1) is 0 Å². The number of aromatic nitrogens is 1. The van der Waals surface area contributed by atoms with Gasteiger partial charge in [0.25, 0.3) is 5.91 Å². The van der Waals surface area contributed by atoms with Gasteiger partial charge in [0.05, 0.1) is 14.2 Å². The van der Waals surface area contributed by atoms with Crippen molar-refractivity contribution in [2.45, 2.75) is 69.9 Å². The summed E-state index contributed by atoms with van der Waals surface area (Å²) in [6.45, 7) is 1.11. The smallest absolute Gasteiger partial charge is 0.328 e. The zero-order valence-electron chi connectivity index (χ0n) is 22.7. The van der Waals surface area contributed by atoms with Crippen molar-refractivity contribution in [3.05, 3.63) is 30.0 Å². The van der Waals surface area contributed by atoms with Crippen LogP contribution >= 0.6 is 0 Å². The van der Waals surface area contributed by atoms with Crippen LogP contribution in [0.5, 0.6) is 5.75 Å². The van der Waals surface area contributed by atoms with Gasteiger partial charge in [-0.2, -0.15) is 0 Å². The van der Waals surface area contributed by atoms with Gasteiger partial charge in [0.2, 0.25) is 11.8 Å². The largest absolute Gasteiger partial charge is 0.497 e. The molecule has 1 saturated carbocycles. The number of carbonyl (C=O) groups excluding carboxylic acids is 4. The number of ether oxygens (including phenoxy) is 2. The highest BCUT2D eigenvalue weighted by Crippen LogP contribution is 2.46. The van der Waals surface area contributed by atoms with Gasteiger partial charge in [-0.05, 0) is 68.2 Å². The second-order valence-electron chi connectivity index (χ2n) is 11.3. The Labute approximate surface area is 228 Å². The van der Waals surface area contributed by atoms with E-state index in [1.165, 1.54) is 7.11 Å². The number of fused-ring (bicyclic) bond motifs is 1. The Bertz CT molecular complexity index is 1250. The molecule has 0 radical (unpaired) electrons. The first-order chi connectivity index (χ1) is 18.8. The lowest BCUT2D eigenvalue weighted by atomic mass is 9.72. The standard InChI is InChI=1S/C29H38N4O6/c1-38-20-8-9-21-19(13-20)15-22(31-21)27(36)33-17-29(10-4-3-5-11-29)16-24(33)26(35)32-23(28(37)39-2)14-18-7-6-12-30-25(18)34/h8-9,13,15,18,23-24,31H,3-7,10-12,14,16-17H2,1-2H3,(H,30,34)(H,32,35). The van der Waals surface area contributed by atoms with Crippen LogP contribution in [0.1, 0.15) is 68.3 Å². The minimum Gasteiger partial charge on any atom is -0.497 e. The van der Waals surface area contributed by atoms with E-state index in [9.17, 15) is 19.2 Å². The molecule has 210 valence electrons. The molecule has 39 heavy (non-hydrogen) atoms. The fourth-order valence-corrected chi connectivity index (χ4v) is 6.64. The van der Waals surface area contributed by atoms with E-state index in [-0.39, 0.29) is 35.5 Å². The van der Waals surface area contributed by atoms with Gasteiger partial charge in [-0.3, -0.25) is 14.4 Å². The second kappa shape index (κ2) is 11.3. The summed E-state index contributed by atoms with van der Waals surface area (Å²) in [5.41, 5.74) is 1.10. The minimum atomic E-state index is -0.961. The van der Waals surface area contributed by atoms with Gasteiger partial charge in [0.1, 0.15) is 23.5 Å². The van der Waals surface area contributed by atoms with Crippen LogP contribution in [-0.4, -0.2) is 73.0 Å². The summed E-state index contributed by atoms with van der Waals surface area (Å²) in [5, 5.41) is 6.54. The number of nitrogens with one attached hydrogen (secondary N) is 3. The third-order valence-corrected chi connectivity index (χ3v) is 8.77. The van der Waals surface area contributed by atoms with E-state index < -0.39 is 18.1 Å². The molecule has 1 spiro atoms. The first-order valence-corrected chi connectivity index (χ1v) is 14.0. The van der Waals surface area contributed by atoms with Crippen molar-refractivity contribution in [3.8, 4) is 5.75 Å². The third-order valence-electron chi connectivity index (χ3n) is 8.77. The maximum atomic E-state index is 13.9. The molecule has 5 rings (SSSR count). The lowest BCUT2D eigenvalue weighted by Gasteiger charge is -2.32. The summed E-state index contributed by atoms with van der Waals surface area (Å²) in [7, 11) is 2.87. The molecule has 1 aromatic carbocycles. The molecule has 3 heterocycles. The van der Waals surface area contributed by atoms with Crippen LogP contribution in [0, 0.1) is 11.3 Å². The average Bonchev–Trinajstić information content (AvgIpc) is 3.55. The summed E-state index contributed by atoms with van der Waals surface area (Å²) in [6, 6.07) is 5.67. The molecule has 0 bridgehead atoms. The monoisotopic (exact) mass is 538 g/mol. The highest BCUT2D eigenvalue weighted by molar-refractivity contribution is 6.01. The zero-order valence-corrected chi connectivity index (χ0v) is 22.7. The van der Waals surface area contributed by atoms with Gasteiger partial charge < -0.3 is 30.0 Å². The summed E-state index contributed by atoms with van der Waals surface area (Å²) >= 11 is 0. The Morgan fingerprint density at radius 3 is 2.64 bits per heavy atom. The number of rotatable bonds is 7. The lowest BCUT2D eigenvalue weighted by Crippen LogP contribution is -2.52. The predicted octanol–water partition coefficient (Wildman–Crippen LogP) is 2.92. The number of benzene rings is 1. The summed E-state index contributed by atoms with van der Waals surface area (Å²) in [6.07, 6.45) is 7.43. The quantitative estimate of drug-likeness (QED) is 0.465. The van der Waals surface area contributed by atoms with Gasteiger partial charge in [0, 0.05) is 29.9 Å². The maximum absolute atomic E-state index is 13.9. The number of hydrogen-bond donors (Lipinski definition) is 3. The summed E-state index contributed by atoms with van der Waals surface area (Å²) < 4.78 is 10.3. The molecular formula is C29H38N4O6. The normalized spacial score (nSPS) is 23.3. The maximum Gasteiger partial charge on any atom is 0.328 e. The average molecular weight is 539 g/mol. The molecule has 3 atom stereocenters. The molecular weight excluding hydrogens is 500 g/mol. The molecule has 2 aromatic rings. The first kappa shape index (κ1) is 27.0. The van der Waals surface area contributed by atoms with Crippen molar-refractivity contribution in [3.63, 3.8) is 0 Å². The molecule has 10 nitrogen and oxygen atoms in total. The molecule has 2 saturated heterocycles. The molecule has 10 heteroatoms. The number of methoxy groups -OCH3 is 2. The Kier molecular flexibility index (Phi) is 7.81.